The van der Waals surface area contributed by atoms with E-state index in [9.17, 15) is 29.8 Å². The number of rotatable bonds is 7. The number of aromatic nitrogens is 3. The molecular formula is C18H22FN5O6. The molecule has 1 aliphatic heterocycles. The van der Waals surface area contributed by atoms with Gasteiger partial charge in [0.05, 0.1) is 18.9 Å². The van der Waals surface area contributed by atoms with E-state index in [1.165, 1.54) is 0 Å². The highest BCUT2D eigenvalue weighted by Gasteiger charge is 2.57. The number of nitrogens with zero attached hydrogens (tertiary/aromatic N) is 4. The summed E-state index contributed by atoms with van der Waals surface area (Å²) in [7, 11) is 0. The third-order valence-corrected chi connectivity index (χ3v) is 4.89. The van der Waals surface area contributed by atoms with Gasteiger partial charge in [0, 0.05) is 6.07 Å². The second kappa shape index (κ2) is 8.88. The van der Waals surface area contributed by atoms with Gasteiger partial charge in [0.1, 0.15) is 36.2 Å². The summed E-state index contributed by atoms with van der Waals surface area (Å²) in [6, 6.07) is 2.63. The largest absolute Gasteiger partial charge is 0.449 e. The van der Waals surface area contributed by atoms with Gasteiger partial charge in [-0.05, 0) is 6.42 Å². The molecule has 0 saturated carbocycles. The van der Waals surface area contributed by atoms with Gasteiger partial charge in [-0.25, -0.2) is 18.7 Å². The normalized spacial score (nSPS) is 25.9. The van der Waals surface area contributed by atoms with Crippen LogP contribution in [0.5, 0.6) is 0 Å². The molecule has 0 spiro atoms. The Labute approximate surface area is 170 Å². The van der Waals surface area contributed by atoms with E-state index in [0.717, 1.165) is 29.8 Å². The Balaban J connectivity index is 1.95. The van der Waals surface area contributed by atoms with E-state index in [4.69, 9.17) is 9.47 Å². The number of ether oxygens (including phenoxy) is 2. The molecule has 4 atom stereocenters. The topological polar surface area (TPSA) is 162 Å². The van der Waals surface area contributed by atoms with Crippen LogP contribution in [-0.2, 0) is 15.1 Å². The number of nitrogens with one attached hydrogen (secondary N) is 1. The van der Waals surface area contributed by atoms with E-state index in [1.54, 1.807) is 6.07 Å². The lowest BCUT2D eigenvalue weighted by Crippen LogP contribution is -2.41. The second-order valence-electron chi connectivity index (χ2n) is 6.84. The Hall–Kier alpha value is -2.85. The molecule has 3 heterocycles. The van der Waals surface area contributed by atoms with E-state index in [1.807, 2.05) is 6.92 Å². The van der Waals surface area contributed by atoms with Gasteiger partial charge in [0.2, 0.25) is 5.60 Å². The van der Waals surface area contributed by atoms with Gasteiger partial charge in [-0.2, -0.15) is 10.4 Å². The average Bonchev–Trinajstić information content (AvgIpc) is 3.21. The number of nitriles is 1. The predicted molar refractivity (Wildman–Crippen MR) is 98.7 cm³/mol. The maximum atomic E-state index is 14.8. The van der Waals surface area contributed by atoms with E-state index in [2.05, 4.69) is 15.4 Å². The highest BCUT2D eigenvalue weighted by Crippen LogP contribution is 2.41. The average molecular weight is 423 g/mol. The van der Waals surface area contributed by atoms with Gasteiger partial charge < -0.3 is 24.8 Å². The second-order valence-corrected chi connectivity index (χ2v) is 6.84. The molecule has 0 aromatic carbocycles. The van der Waals surface area contributed by atoms with Gasteiger partial charge in [-0.15, -0.1) is 0 Å². The summed E-state index contributed by atoms with van der Waals surface area (Å²) in [5.74, 6) is -1.12. The number of aliphatic hydroxyl groups excluding tert-OH is 3. The molecule has 2 aromatic heterocycles. The van der Waals surface area contributed by atoms with Crippen LogP contribution in [-0.4, -0.2) is 67.5 Å². The molecule has 1 saturated heterocycles. The van der Waals surface area contributed by atoms with Crippen LogP contribution >= 0.6 is 0 Å². The number of carbonyl (C=O) groups excluding carboxylic acids is 1. The fraction of sp³-hybridized carbons (Fsp3) is 0.556. The maximum Gasteiger partial charge on any atom is 0.412 e. The molecular weight excluding hydrogens is 401 g/mol. The van der Waals surface area contributed by atoms with Crippen molar-refractivity contribution in [2.75, 3.05) is 18.5 Å². The SMILES string of the molecule is CCCCCOC(=O)Nc1ncnn2c([C@]3(C#N)O[C@H](CO)[C@@H](O)[C@H]3O)cc(F)c12. The van der Waals surface area contributed by atoms with Gasteiger partial charge in [0.15, 0.2) is 11.6 Å². The van der Waals surface area contributed by atoms with E-state index < -0.39 is 42.4 Å². The molecule has 3 rings (SSSR count). The molecule has 2 aromatic rings. The molecule has 0 aliphatic carbocycles. The first-order valence-corrected chi connectivity index (χ1v) is 9.42. The maximum absolute atomic E-state index is 14.8. The number of carbonyl (C=O) groups is 1. The lowest BCUT2D eigenvalue weighted by Gasteiger charge is -2.24. The minimum atomic E-state index is -2.20. The van der Waals surface area contributed by atoms with Crippen molar-refractivity contribution >= 4 is 17.4 Å². The summed E-state index contributed by atoms with van der Waals surface area (Å²) in [5, 5.41) is 45.7. The molecule has 1 amide bonds. The lowest BCUT2D eigenvalue weighted by atomic mass is 9.92. The molecule has 30 heavy (non-hydrogen) atoms. The molecule has 0 unspecified atom stereocenters. The molecule has 0 bridgehead atoms. The Kier molecular flexibility index (Phi) is 6.47. The smallest absolute Gasteiger partial charge is 0.412 e. The lowest BCUT2D eigenvalue weighted by molar-refractivity contribution is -0.0643. The number of halogens is 1. The summed E-state index contributed by atoms with van der Waals surface area (Å²) >= 11 is 0. The van der Waals surface area contributed by atoms with Crippen molar-refractivity contribution in [3.8, 4) is 6.07 Å². The fourth-order valence-corrected chi connectivity index (χ4v) is 3.34. The molecule has 162 valence electrons. The van der Waals surface area contributed by atoms with Crippen LogP contribution in [0.4, 0.5) is 15.0 Å². The first-order chi connectivity index (χ1) is 14.4. The van der Waals surface area contributed by atoms with Gasteiger partial charge in [0.25, 0.3) is 0 Å². The van der Waals surface area contributed by atoms with Crippen LogP contribution in [0.1, 0.15) is 31.9 Å². The standard InChI is InChI=1S/C18H22FN5O6/c1-2-3-4-5-29-17(28)23-16-13-10(19)6-12(24(13)22-9-21-16)18(8-20)15(27)14(26)11(7-25)30-18/h6,9,11,14-15,25-27H,2-5,7H2,1H3,(H,21,22,23,28)/t11-,14-,15-,18+/m1/s1. The zero-order chi connectivity index (χ0) is 21.9. The number of aliphatic hydroxyl groups is 3. The van der Waals surface area contributed by atoms with Crippen molar-refractivity contribution in [1.82, 2.24) is 14.6 Å². The first-order valence-electron chi connectivity index (χ1n) is 9.42. The Morgan fingerprint density at radius 2 is 2.27 bits per heavy atom. The minimum absolute atomic E-state index is 0.188. The number of hydrogen-bond acceptors (Lipinski definition) is 9. The van der Waals surface area contributed by atoms with E-state index in [0.29, 0.717) is 6.42 Å². The zero-order valence-electron chi connectivity index (χ0n) is 16.2. The van der Waals surface area contributed by atoms with Gasteiger partial charge in [-0.1, -0.05) is 19.8 Å². The quantitative estimate of drug-likeness (QED) is 0.463. The van der Waals surface area contributed by atoms with Crippen LogP contribution < -0.4 is 5.32 Å². The van der Waals surface area contributed by atoms with Crippen molar-refractivity contribution in [1.29, 1.82) is 5.26 Å². The van der Waals surface area contributed by atoms with Crippen LogP contribution in [0.15, 0.2) is 12.4 Å². The van der Waals surface area contributed by atoms with Crippen molar-refractivity contribution in [3.05, 3.63) is 23.9 Å². The van der Waals surface area contributed by atoms with E-state index >= 15 is 0 Å². The van der Waals surface area contributed by atoms with Gasteiger partial charge in [-0.3, -0.25) is 5.32 Å². The number of fused-ring (bicyclic) bond motifs is 1. The molecule has 1 fully saturated rings. The molecule has 1 aliphatic rings. The minimum Gasteiger partial charge on any atom is -0.449 e. The van der Waals surface area contributed by atoms with Crippen molar-refractivity contribution < 1.29 is 34.0 Å². The third-order valence-electron chi connectivity index (χ3n) is 4.89. The van der Waals surface area contributed by atoms with Crippen molar-refractivity contribution in [2.24, 2.45) is 0 Å². The van der Waals surface area contributed by atoms with Gasteiger partial charge >= 0.3 is 6.09 Å². The number of unbranched alkanes of at least 4 members (excludes halogenated alkanes) is 2. The number of amides is 1. The Morgan fingerprint density at radius 1 is 1.50 bits per heavy atom. The third kappa shape index (κ3) is 3.68. The van der Waals surface area contributed by atoms with Crippen LogP contribution in [0.2, 0.25) is 0 Å². The first kappa shape index (κ1) is 21.8. The summed E-state index contributed by atoms with van der Waals surface area (Å²) in [5.41, 5.74) is -2.72. The predicted octanol–water partition coefficient (Wildman–Crippen LogP) is 0.439. The van der Waals surface area contributed by atoms with Crippen LogP contribution in [0.25, 0.3) is 5.52 Å². The Bertz CT molecular complexity index is 962. The number of hydrogen-bond donors (Lipinski definition) is 4. The summed E-state index contributed by atoms with van der Waals surface area (Å²) in [6.07, 6.45) is -1.93. The highest BCUT2D eigenvalue weighted by atomic mass is 19.1. The monoisotopic (exact) mass is 423 g/mol. The summed E-state index contributed by atoms with van der Waals surface area (Å²) in [6.45, 7) is 1.53. The Morgan fingerprint density at radius 3 is 2.90 bits per heavy atom. The zero-order valence-corrected chi connectivity index (χ0v) is 16.2. The van der Waals surface area contributed by atoms with E-state index in [-0.39, 0.29) is 23.6 Å². The molecule has 11 nitrogen and oxygen atoms in total. The molecule has 0 radical (unpaired) electrons. The summed E-state index contributed by atoms with van der Waals surface area (Å²) in [4.78, 5) is 15.8. The molecule has 12 heteroatoms. The fourth-order valence-electron chi connectivity index (χ4n) is 3.34. The highest BCUT2D eigenvalue weighted by molar-refractivity contribution is 5.89. The van der Waals surface area contributed by atoms with Crippen molar-refractivity contribution in [3.63, 3.8) is 0 Å². The van der Waals surface area contributed by atoms with Crippen LogP contribution in [0.3, 0.4) is 0 Å². The van der Waals surface area contributed by atoms with Crippen LogP contribution in [0, 0.1) is 17.1 Å². The summed E-state index contributed by atoms with van der Waals surface area (Å²) < 4.78 is 26.1. The molecule has 4 N–H and O–H groups in total. The van der Waals surface area contributed by atoms with Crippen molar-refractivity contribution in [2.45, 2.75) is 50.1 Å². The number of anilines is 1.